The van der Waals surface area contributed by atoms with Gasteiger partial charge in [0.2, 0.25) is 0 Å². The topological polar surface area (TPSA) is 40.8 Å². The zero-order valence-corrected chi connectivity index (χ0v) is 16.4. The molecule has 5 heteroatoms. The smallest absolute Gasteiger partial charge is 0.194 e. The number of halogens is 1. The predicted octanol–water partition coefficient (Wildman–Crippen LogP) is 3.92. The lowest BCUT2D eigenvalue weighted by molar-refractivity contribution is 0.263. The van der Waals surface area contributed by atoms with E-state index in [2.05, 4.69) is 31.0 Å². The fourth-order valence-electron chi connectivity index (χ4n) is 2.67. The van der Waals surface area contributed by atoms with E-state index in [1.54, 1.807) is 6.26 Å². The van der Waals surface area contributed by atoms with Crippen molar-refractivity contribution in [3.63, 3.8) is 0 Å². The molecule has 0 radical (unpaired) electrons. The van der Waals surface area contributed by atoms with Crippen molar-refractivity contribution in [2.45, 2.75) is 52.5 Å². The maximum atomic E-state index is 5.38. The van der Waals surface area contributed by atoms with Crippen molar-refractivity contribution in [1.82, 2.24) is 10.2 Å². The van der Waals surface area contributed by atoms with E-state index < -0.39 is 0 Å². The summed E-state index contributed by atoms with van der Waals surface area (Å²) in [7, 11) is 0. The minimum atomic E-state index is 0. The number of rotatable bonds is 5. The molecule has 1 aromatic heterocycles. The van der Waals surface area contributed by atoms with E-state index in [0.29, 0.717) is 6.04 Å². The normalized spacial score (nSPS) is 20.4. The van der Waals surface area contributed by atoms with Crippen molar-refractivity contribution >= 4 is 29.9 Å². The lowest BCUT2D eigenvalue weighted by Crippen LogP contribution is -2.48. The number of aliphatic imine (C=N–C) groups is 1. The molecule has 4 nitrogen and oxygen atoms in total. The van der Waals surface area contributed by atoms with Crippen LogP contribution in [0.1, 0.15) is 45.8 Å². The van der Waals surface area contributed by atoms with E-state index >= 15 is 0 Å². The van der Waals surface area contributed by atoms with Crippen LogP contribution in [0.4, 0.5) is 0 Å². The fraction of sp³-hybridized carbons (Fsp3) is 0.706. The third kappa shape index (κ3) is 6.18. The molecule has 0 saturated carbocycles. The van der Waals surface area contributed by atoms with Crippen LogP contribution in [0, 0.1) is 5.92 Å². The quantitative estimate of drug-likeness (QED) is 0.447. The first-order chi connectivity index (χ1) is 10.2. The zero-order chi connectivity index (χ0) is 15.1. The van der Waals surface area contributed by atoms with Crippen molar-refractivity contribution in [2.75, 3.05) is 19.6 Å². The second kappa shape index (κ2) is 10.1. The molecule has 0 aromatic carbocycles. The van der Waals surface area contributed by atoms with Crippen LogP contribution in [0.15, 0.2) is 27.8 Å². The number of likely N-dealkylation sites (tertiary alicyclic amines) is 1. The molecule has 1 fully saturated rings. The number of piperidine rings is 1. The Morgan fingerprint density at radius 2 is 2.36 bits per heavy atom. The van der Waals surface area contributed by atoms with Crippen molar-refractivity contribution in [2.24, 2.45) is 10.9 Å². The van der Waals surface area contributed by atoms with Gasteiger partial charge in [-0.05, 0) is 44.2 Å². The van der Waals surface area contributed by atoms with E-state index in [9.17, 15) is 0 Å². The van der Waals surface area contributed by atoms with E-state index in [1.807, 2.05) is 12.1 Å². The van der Waals surface area contributed by atoms with E-state index in [-0.39, 0.29) is 24.0 Å². The summed E-state index contributed by atoms with van der Waals surface area (Å²) in [4.78, 5) is 7.24. The van der Waals surface area contributed by atoms with Crippen LogP contribution in [-0.2, 0) is 6.42 Å². The molecule has 126 valence electrons. The monoisotopic (exact) mass is 419 g/mol. The first-order valence-corrected chi connectivity index (χ1v) is 8.27. The molecule has 2 rings (SSSR count). The molecule has 22 heavy (non-hydrogen) atoms. The minimum Gasteiger partial charge on any atom is -0.469 e. The van der Waals surface area contributed by atoms with Gasteiger partial charge in [-0.1, -0.05) is 13.8 Å². The van der Waals surface area contributed by atoms with Gasteiger partial charge in [0.25, 0.3) is 0 Å². The molecular weight excluding hydrogens is 389 g/mol. The standard InChI is InChI=1S/C17H29N3O.HI/c1-4-15(3)19-17(20-11-5-7-14(2)13-20)18-10-9-16-8-6-12-21-16;/h6,8,12,14-15H,4-5,7,9-11,13H2,1-3H3,(H,18,19);1H. The van der Waals surface area contributed by atoms with Crippen molar-refractivity contribution < 1.29 is 4.42 Å². The van der Waals surface area contributed by atoms with Gasteiger partial charge in [0.05, 0.1) is 6.26 Å². The maximum Gasteiger partial charge on any atom is 0.194 e. The molecule has 1 saturated heterocycles. The molecule has 1 aliphatic rings. The number of guanidine groups is 1. The Kier molecular flexibility index (Phi) is 8.90. The molecule has 1 aromatic rings. The Balaban J connectivity index is 0.00000242. The Morgan fingerprint density at radius 3 is 3.00 bits per heavy atom. The van der Waals surface area contributed by atoms with Crippen LogP contribution in [-0.4, -0.2) is 36.5 Å². The summed E-state index contributed by atoms with van der Waals surface area (Å²) in [6.07, 6.45) is 6.30. The molecule has 1 aliphatic heterocycles. The van der Waals surface area contributed by atoms with Gasteiger partial charge >= 0.3 is 0 Å². The van der Waals surface area contributed by atoms with Gasteiger partial charge in [0.1, 0.15) is 5.76 Å². The third-order valence-corrected chi connectivity index (χ3v) is 4.14. The summed E-state index contributed by atoms with van der Waals surface area (Å²) in [5.74, 6) is 2.84. The van der Waals surface area contributed by atoms with Crippen LogP contribution < -0.4 is 5.32 Å². The first-order valence-electron chi connectivity index (χ1n) is 8.27. The summed E-state index contributed by atoms with van der Waals surface area (Å²) >= 11 is 0. The van der Waals surface area contributed by atoms with Gasteiger partial charge in [-0.25, -0.2) is 0 Å². The average Bonchev–Trinajstić information content (AvgIpc) is 2.99. The summed E-state index contributed by atoms with van der Waals surface area (Å²) in [5, 5.41) is 3.58. The molecule has 1 N–H and O–H groups in total. The maximum absolute atomic E-state index is 5.38. The van der Waals surface area contributed by atoms with E-state index in [4.69, 9.17) is 9.41 Å². The summed E-state index contributed by atoms with van der Waals surface area (Å²) in [5.41, 5.74) is 0. The minimum absolute atomic E-state index is 0. The van der Waals surface area contributed by atoms with Gasteiger partial charge in [0, 0.05) is 32.1 Å². The molecule has 0 amide bonds. The predicted molar refractivity (Wildman–Crippen MR) is 103 cm³/mol. The van der Waals surface area contributed by atoms with Crippen LogP contribution in [0.3, 0.4) is 0 Å². The summed E-state index contributed by atoms with van der Waals surface area (Å²) in [6, 6.07) is 4.41. The Bertz CT molecular complexity index is 433. The van der Waals surface area contributed by atoms with Crippen LogP contribution >= 0.6 is 24.0 Å². The molecule has 0 aliphatic carbocycles. The number of hydrogen-bond acceptors (Lipinski definition) is 2. The van der Waals surface area contributed by atoms with Crippen LogP contribution in [0.5, 0.6) is 0 Å². The van der Waals surface area contributed by atoms with Gasteiger partial charge in [0.15, 0.2) is 5.96 Å². The van der Waals surface area contributed by atoms with E-state index in [0.717, 1.165) is 50.1 Å². The lowest BCUT2D eigenvalue weighted by Gasteiger charge is -2.34. The number of nitrogens with one attached hydrogen (secondary N) is 1. The molecule has 2 unspecified atom stereocenters. The highest BCUT2D eigenvalue weighted by Crippen LogP contribution is 2.15. The fourth-order valence-corrected chi connectivity index (χ4v) is 2.67. The van der Waals surface area contributed by atoms with Gasteiger partial charge in [-0.3, -0.25) is 4.99 Å². The Hall–Kier alpha value is -0.720. The van der Waals surface area contributed by atoms with Crippen molar-refractivity contribution in [3.05, 3.63) is 24.2 Å². The second-order valence-corrected chi connectivity index (χ2v) is 6.18. The highest BCUT2D eigenvalue weighted by molar-refractivity contribution is 14.0. The van der Waals surface area contributed by atoms with Crippen LogP contribution in [0.2, 0.25) is 0 Å². The zero-order valence-electron chi connectivity index (χ0n) is 14.0. The van der Waals surface area contributed by atoms with Gasteiger partial charge in [-0.2, -0.15) is 0 Å². The molecule has 2 atom stereocenters. The SMILES string of the molecule is CCC(C)NC(=NCCc1ccco1)N1CCCC(C)C1.I. The summed E-state index contributed by atoms with van der Waals surface area (Å²) < 4.78 is 5.38. The van der Waals surface area contributed by atoms with Crippen molar-refractivity contribution in [3.8, 4) is 0 Å². The lowest BCUT2D eigenvalue weighted by atomic mass is 10.0. The largest absolute Gasteiger partial charge is 0.469 e. The average molecular weight is 419 g/mol. The van der Waals surface area contributed by atoms with Crippen LogP contribution in [0.25, 0.3) is 0 Å². The van der Waals surface area contributed by atoms with Gasteiger partial charge in [-0.15, -0.1) is 24.0 Å². The number of furan rings is 1. The number of nitrogens with zero attached hydrogens (tertiary/aromatic N) is 2. The highest BCUT2D eigenvalue weighted by atomic mass is 127. The third-order valence-electron chi connectivity index (χ3n) is 4.14. The highest BCUT2D eigenvalue weighted by Gasteiger charge is 2.20. The van der Waals surface area contributed by atoms with Gasteiger partial charge < -0.3 is 14.6 Å². The van der Waals surface area contributed by atoms with Crippen molar-refractivity contribution in [1.29, 1.82) is 0 Å². The molecule has 0 bridgehead atoms. The number of hydrogen-bond donors (Lipinski definition) is 1. The molecular formula is C17H30IN3O. The Labute approximate surface area is 151 Å². The molecule has 2 heterocycles. The molecule has 0 spiro atoms. The second-order valence-electron chi connectivity index (χ2n) is 6.18. The Morgan fingerprint density at radius 1 is 1.55 bits per heavy atom. The summed E-state index contributed by atoms with van der Waals surface area (Å²) in [6.45, 7) is 9.76. The first kappa shape index (κ1) is 19.3. The van der Waals surface area contributed by atoms with E-state index in [1.165, 1.54) is 12.8 Å².